The predicted octanol–water partition coefficient (Wildman–Crippen LogP) is 2.01. The lowest BCUT2D eigenvalue weighted by molar-refractivity contribution is -0.00991. The minimum atomic E-state index is -0.458. The molecule has 0 saturated heterocycles. The van der Waals surface area contributed by atoms with Gasteiger partial charge in [0.2, 0.25) is 0 Å². The number of rotatable bonds is 12. The molecule has 0 spiro atoms. The third-order valence-electron chi connectivity index (χ3n) is 3.03. The third kappa shape index (κ3) is 10.4. The summed E-state index contributed by atoms with van der Waals surface area (Å²) in [5.74, 6) is 0. The Hall–Kier alpha value is -0.940. The Labute approximate surface area is 128 Å². The fourth-order valence-electron chi connectivity index (χ4n) is 1.95. The molecule has 0 fully saturated rings. The van der Waals surface area contributed by atoms with Gasteiger partial charge in [-0.25, -0.2) is 0 Å². The van der Waals surface area contributed by atoms with E-state index in [2.05, 4.69) is 29.6 Å². The Bertz CT molecular complexity index is 343. The molecule has 0 heterocycles. The number of benzene rings is 1. The summed E-state index contributed by atoms with van der Waals surface area (Å²) in [4.78, 5) is 0. The molecule has 0 bridgehead atoms. The van der Waals surface area contributed by atoms with Crippen LogP contribution in [0.15, 0.2) is 30.3 Å². The molecule has 0 amide bonds. The van der Waals surface area contributed by atoms with Crippen molar-refractivity contribution in [3.05, 3.63) is 35.9 Å². The van der Waals surface area contributed by atoms with E-state index in [1.165, 1.54) is 5.56 Å². The summed E-state index contributed by atoms with van der Waals surface area (Å²) >= 11 is 0. The summed E-state index contributed by atoms with van der Waals surface area (Å²) in [5.41, 5.74) is 1.35. The van der Waals surface area contributed by atoms with Gasteiger partial charge in [-0.15, -0.1) is 0 Å². The molecule has 0 radical (unpaired) electrons. The van der Waals surface area contributed by atoms with Gasteiger partial charge in [0.1, 0.15) is 0 Å². The Morgan fingerprint density at radius 2 is 1.90 bits per heavy atom. The van der Waals surface area contributed by atoms with Gasteiger partial charge in [0.05, 0.1) is 32.0 Å². The maximum atomic E-state index is 9.75. The first kappa shape index (κ1) is 18.1. The van der Waals surface area contributed by atoms with Gasteiger partial charge < -0.3 is 19.9 Å². The largest absolute Gasteiger partial charge is 0.389 e. The van der Waals surface area contributed by atoms with Crippen LogP contribution < -0.4 is 5.32 Å². The average Bonchev–Trinajstić information content (AvgIpc) is 2.47. The highest BCUT2D eigenvalue weighted by Crippen LogP contribution is 2.01. The van der Waals surface area contributed by atoms with Gasteiger partial charge in [0.15, 0.2) is 0 Å². The van der Waals surface area contributed by atoms with Crippen molar-refractivity contribution in [1.29, 1.82) is 0 Å². The topological polar surface area (TPSA) is 50.7 Å². The molecule has 21 heavy (non-hydrogen) atoms. The van der Waals surface area contributed by atoms with Crippen LogP contribution in [0, 0.1) is 0 Å². The van der Waals surface area contributed by atoms with Crippen molar-refractivity contribution in [1.82, 2.24) is 5.32 Å². The Morgan fingerprint density at radius 3 is 2.62 bits per heavy atom. The van der Waals surface area contributed by atoms with E-state index in [0.29, 0.717) is 26.4 Å². The maximum Gasteiger partial charge on any atom is 0.0897 e. The fourth-order valence-corrected chi connectivity index (χ4v) is 1.95. The Kier molecular flexibility index (Phi) is 10.1. The number of aliphatic hydroxyl groups is 1. The van der Waals surface area contributed by atoms with Gasteiger partial charge >= 0.3 is 0 Å². The van der Waals surface area contributed by atoms with E-state index in [0.717, 1.165) is 19.4 Å². The van der Waals surface area contributed by atoms with E-state index in [9.17, 15) is 5.11 Å². The SMILES string of the molecule is CC(C)OCCOCC(O)CNCCCc1ccccc1. The quantitative estimate of drug-likeness (QED) is 0.579. The lowest BCUT2D eigenvalue weighted by atomic mass is 10.1. The van der Waals surface area contributed by atoms with Crippen LogP contribution in [-0.4, -0.2) is 50.2 Å². The monoisotopic (exact) mass is 295 g/mol. The third-order valence-corrected chi connectivity index (χ3v) is 3.03. The van der Waals surface area contributed by atoms with Crippen LogP contribution in [0.4, 0.5) is 0 Å². The summed E-state index contributed by atoms with van der Waals surface area (Å²) in [7, 11) is 0. The number of hydrogen-bond acceptors (Lipinski definition) is 4. The fraction of sp³-hybridized carbons (Fsp3) is 0.647. The van der Waals surface area contributed by atoms with E-state index in [1.807, 2.05) is 19.9 Å². The van der Waals surface area contributed by atoms with Crippen LogP contribution in [0.2, 0.25) is 0 Å². The van der Waals surface area contributed by atoms with Gasteiger partial charge in [-0.05, 0) is 38.8 Å². The first-order valence-electron chi connectivity index (χ1n) is 7.80. The van der Waals surface area contributed by atoms with Gasteiger partial charge in [-0.3, -0.25) is 0 Å². The maximum absolute atomic E-state index is 9.75. The zero-order valence-corrected chi connectivity index (χ0v) is 13.3. The first-order valence-corrected chi connectivity index (χ1v) is 7.80. The van der Waals surface area contributed by atoms with E-state index < -0.39 is 6.10 Å². The molecule has 0 aliphatic heterocycles. The highest BCUT2D eigenvalue weighted by molar-refractivity contribution is 5.14. The zero-order valence-electron chi connectivity index (χ0n) is 13.3. The summed E-state index contributed by atoms with van der Waals surface area (Å²) < 4.78 is 10.7. The Morgan fingerprint density at radius 1 is 1.14 bits per heavy atom. The van der Waals surface area contributed by atoms with Crippen LogP contribution >= 0.6 is 0 Å². The summed E-state index contributed by atoms with van der Waals surface area (Å²) in [5, 5.41) is 13.0. The standard InChI is InChI=1S/C17H29NO3/c1-15(2)21-12-11-20-14-17(19)13-18-10-6-9-16-7-4-3-5-8-16/h3-5,7-8,15,17-19H,6,9-14H2,1-2H3. The van der Waals surface area contributed by atoms with Crippen molar-refractivity contribution in [2.45, 2.75) is 38.9 Å². The molecule has 1 aromatic carbocycles. The summed E-state index contributed by atoms with van der Waals surface area (Å²) in [6.07, 6.45) is 1.90. The van der Waals surface area contributed by atoms with E-state index in [1.54, 1.807) is 0 Å². The van der Waals surface area contributed by atoms with Crippen LogP contribution in [0.25, 0.3) is 0 Å². The number of nitrogens with one attached hydrogen (secondary N) is 1. The summed E-state index contributed by atoms with van der Waals surface area (Å²) in [6.45, 7) is 6.93. The number of hydrogen-bond donors (Lipinski definition) is 2. The number of aliphatic hydroxyl groups excluding tert-OH is 1. The molecule has 1 aromatic rings. The minimum absolute atomic E-state index is 0.227. The lowest BCUT2D eigenvalue weighted by Gasteiger charge is -2.13. The molecule has 0 aromatic heterocycles. The van der Waals surface area contributed by atoms with Crippen molar-refractivity contribution in [2.24, 2.45) is 0 Å². The molecule has 1 rings (SSSR count). The number of aryl methyl sites for hydroxylation is 1. The summed E-state index contributed by atoms with van der Waals surface area (Å²) in [6, 6.07) is 10.4. The van der Waals surface area contributed by atoms with Crippen LogP contribution in [0.3, 0.4) is 0 Å². The van der Waals surface area contributed by atoms with E-state index >= 15 is 0 Å². The molecule has 0 aliphatic carbocycles. The van der Waals surface area contributed by atoms with Crippen molar-refractivity contribution in [2.75, 3.05) is 32.9 Å². The van der Waals surface area contributed by atoms with Crippen molar-refractivity contribution >= 4 is 0 Å². The minimum Gasteiger partial charge on any atom is -0.389 e. The normalized spacial score (nSPS) is 12.8. The Balaban J connectivity index is 1.90. The molecule has 1 unspecified atom stereocenters. The van der Waals surface area contributed by atoms with Crippen LogP contribution in [0.1, 0.15) is 25.8 Å². The molecule has 120 valence electrons. The molecular weight excluding hydrogens is 266 g/mol. The molecule has 4 nitrogen and oxygen atoms in total. The molecule has 4 heteroatoms. The van der Waals surface area contributed by atoms with Crippen molar-refractivity contribution < 1.29 is 14.6 Å². The molecule has 0 saturated carbocycles. The van der Waals surface area contributed by atoms with Crippen molar-refractivity contribution in [3.63, 3.8) is 0 Å². The molecule has 0 aliphatic rings. The molecule has 1 atom stereocenters. The van der Waals surface area contributed by atoms with E-state index in [4.69, 9.17) is 9.47 Å². The average molecular weight is 295 g/mol. The molecule has 2 N–H and O–H groups in total. The van der Waals surface area contributed by atoms with Crippen molar-refractivity contribution in [3.8, 4) is 0 Å². The predicted molar refractivity (Wildman–Crippen MR) is 85.5 cm³/mol. The molecular formula is C17H29NO3. The zero-order chi connectivity index (χ0) is 15.3. The first-order chi connectivity index (χ1) is 10.2. The van der Waals surface area contributed by atoms with E-state index in [-0.39, 0.29) is 6.10 Å². The van der Waals surface area contributed by atoms with Crippen LogP contribution in [-0.2, 0) is 15.9 Å². The second-order valence-corrected chi connectivity index (χ2v) is 5.44. The van der Waals surface area contributed by atoms with Gasteiger partial charge in [0.25, 0.3) is 0 Å². The lowest BCUT2D eigenvalue weighted by Crippen LogP contribution is -2.31. The van der Waals surface area contributed by atoms with Gasteiger partial charge in [-0.2, -0.15) is 0 Å². The smallest absolute Gasteiger partial charge is 0.0897 e. The van der Waals surface area contributed by atoms with Crippen LogP contribution in [0.5, 0.6) is 0 Å². The highest BCUT2D eigenvalue weighted by atomic mass is 16.5. The highest BCUT2D eigenvalue weighted by Gasteiger charge is 2.03. The second kappa shape index (κ2) is 11.7. The van der Waals surface area contributed by atoms with Gasteiger partial charge in [0, 0.05) is 6.54 Å². The second-order valence-electron chi connectivity index (χ2n) is 5.44. The van der Waals surface area contributed by atoms with Gasteiger partial charge in [-0.1, -0.05) is 30.3 Å². The number of ether oxygens (including phenoxy) is 2.